The van der Waals surface area contributed by atoms with E-state index in [4.69, 9.17) is 11.6 Å². The molecule has 4 rings (SSSR count). The van der Waals surface area contributed by atoms with Gasteiger partial charge in [-0.15, -0.1) is 0 Å². The fourth-order valence-electron chi connectivity index (χ4n) is 3.07. The molecule has 0 fully saturated rings. The second-order valence-electron chi connectivity index (χ2n) is 6.10. The Balaban J connectivity index is 1.52. The predicted octanol–water partition coefficient (Wildman–Crippen LogP) is 2.87. The van der Waals surface area contributed by atoms with Crippen molar-refractivity contribution in [2.75, 3.05) is 5.32 Å². The van der Waals surface area contributed by atoms with E-state index in [1.807, 2.05) is 0 Å². The Labute approximate surface area is 153 Å². The van der Waals surface area contributed by atoms with E-state index in [9.17, 15) is 14.0 Å². The Bertz CT molecular complexity index is 1030. The molecule has 0 unspecified atom stereocenters. The molecule has 8 heteroatoms. The zero-order chi connectivity index (χ0) is 18.3. The van der Waals surface area contributed by atoms with Gasteiger partial charge < -0.3 is 15.0 Å². The molecule has 0 saturated carbocycles. The van der Waals surface area contributed by atoms with Crippen LogP contribution < -0.4 is 10.6 Å². The third-order valence-electron chi connectivity index (χ3n) is 4.28. The molecule has 1 aliphatic heterocycles. The molecule has 132 valence electrons. The smallest absolute Gasteiger partial charge is 0.228 e. The van der Waals surface area contributed by atoms with Crippen LogP contribution in [0.2, 0.25) is 5.02 Å². The Morgan fingerprint density at radius 1 is 1.35 bits per heavy atom. The maximum atomic E-state index is 13.4. The third-order valence-corrected chi connectivity index (χ3v) is 4.50. The molecule has 0 spiro atoms. The fraction of sp³-hybridized carbons (Fsp3) is 0.167. The first-order valence-electron chi connectivity index (χ1n) is 8.00. The normalized spacial score (nSPS) is 16.2. The van der Waals surface area contributed by atoms with Crippen LogP contribution >= 0.6 is 11.6 Å². The molecule has 0 aliphatic carbocycles. The molecule has 1 aromatic carbocycles. The molecule has 0 saturated heterocycles. The summed E-state index contributed by atoms with van der Waals surface area (Å²) in [5.41, 5.74) is 2.32. The number of halogens is 2. The van der Waals surface area contributed by atoms with E-state index in [1.54, 1.807) is 28.9 Å². The first-order valence-corrected chi connectivity index (χ1v) is 8.37. The number of hydrogen-bond donors (Lipinski definition) is 2. The molecule has 1 atom stereocenters. The van der Waals surface area contributed by atoms with Gasteiger partial charge in [-0.25, -0.2) is 9.37 Å². The van der Waals surface area contributed by atoms with Gasteiger partial charge in [0.15, 0.2) is 0 Å². The Hall–Kier alpha value is -2.93. The van der Waals surface area contributed by atoms with Gasteiger partial charge in [0.2, 0.25) is 11.8 Å². The Kier molecular flexibility index (Phi) is 4.08. The minimum atomic E-state index is -0.661. The molecular formula is C18H14ClFN4O2. The molecule has 0 bridgehead atoms. The van der Waals surface area contributed by atoms with Crippen molar-refractivity contribution in [1.82, 2.24) is 14.7 Å². The summed E-state index contributed by atoms with van der Waals surface area (Å²) in [6.45, 7) is 0.215. The number of nitrogens with zero attached hydrogens (tertiary/aromatic N) is 2. The van der Waals surface area contributed by atoms with Gasteiger partial charge in [-0.3, -0.25) is 9.59 Å². The van der Waals surface area contributed by atoms with Crippen molar-refractivity contribution in [2.24, 2.45) is 0 Å². The highest BCUT2D eigenvalue weighted by atomic mass is 35.5. The number of anilines is 1. The maximum absolute atomic E-state index is 13.4. The lowest BCUT2D eigenvalue weighted by atomic mass is 9.89. The summed E-state index contributed by atoms with van der Waals surface area (Å²) in [5, 5.41) is 5.98. The van der Waals surface area contributed by atoms with Crippen LogP contribution in [0.5, 0.6) is 0 Å². The van der Waals surface area contributed by atoms with Crippen molar-refractivity contribution in [3.8, 4) is 0 Å². The van der Waals surface area contributed by atoms with Crippen LogP contribution in [0, 0.1) is 5.82 Å². The number of amides is 2. The Morgan fingerprint density at radius 3 is 3.04 bits per heavy atom. The summed E-state index contributed by atoms with van der Waals surface area (Å²) in [5.74, 6) is -1.74. The monoisotopic (exact) mass is 372 g/mol. The van der Waals surface area contributed by atoms with Crippen molar-refractivity contribution in [3.63, 3.8) is 0 Å². The third kappa shape index (κ3) is 3.13. The molecule has 0 radical (unpaired) electrons. The molecule has 1 aliphatic rings. The number of pyridine rings is 1. The van der Waals surface area contributed by atoms with Crippen molar-refractivity contribution in [1.29, 1.82) is 0 Å². The van der Waals surface area contributed by atoms with Crippen molar-refractivity contribution < 1.29 is 14.0 Å². The summed E-state index contributed by atoms with van der Waals surface area (Å²) >= 11 is 5.95. The second-order valence-corrected chi connectivity index (χ2v) is 6.54. The van der Waals surface area contributed by atoms with Crippen molar-refractivity contribution in [2.45, 2.75) is 18.9 Å². The maximum Gasteiger partial charge on any atom is 0.228 e. The lowest BCUT2D eigenvalue weighted by Crippen LogP contribution is -2.34. The summed E-state index contributed by atoms with van der Waals surface area (Å²) in [7, 11) is 0. The van der Waals surface area contributed by atoms with Gasteiger partial charge in [-0.05, 0) is 29.8 Å². The SMILES string of the molecule is O=C1C[C@H](C(=O)NCc2cn3cc(Cl)ccc3n2)c2ccc(F)cc2N1. The predicted molar refractivity (Wildman–Crippen MR) is 94.4 cm³/mol. The number of nitrogens with one attached hydrogen (secondary N) is 2. The second kappa shape index (κ2) is 6.42. The van der Waals surface area contributed by atoms with Gasteiger partial charge >= 0.3 is 0 Å². The van der Waals surface area contributed by atoms with E-state index in [2.05, 4.69) is 15.6 Å². The highest BCUT2D eigenvalue weighted by molar-refractivity contribution is 6.30. The summed E-state index contributed by atoms with van der Waals surface area (Å²) < 4.78 is 15.2. The van der Waals surface area contributed by atoms with E-state index in [0.29, 0.717) is 22.0 Å². The average molecular weight is 373 g/mol. The number of carbonyl (C=O) groups is 2. The number of aromatic nitrogens is 2. The van der Waals surface area contributed by atoms with Gasteiger partial charge in [0.1, 0.15) is 11.5 Å². The minimum Gasteiger partial charge on any atom is -0.350 e. The largest absolute Gasteiger partial charge is 0.350 e. The first kappa shape index (κ1) is 16.5. The van der Waals surface area contributed by atoms with E-state index in [1.165, 1.54) is 18.2 Å². The first-order chi connectivity index (χ1) is 12.5. The van der Waals surface area contributed by atoms with E-state index in [-0.39, 0.29) is 24.8 Å². The van der Waals surface area contributed by atoms with Crippen LogP contribution in [0.25, 0.3) is 5.65 Å². The zero-order valence-corrected chi connectivity index (χ0v) is 14.3. The fourth-order valence-corrected chi connectivity index (χ4v) is 3.24. The summed E-state index contributed by atoms with van der Waals surface area (Å²) in [6, 6.07) is 7.55. The number of carbonyl (C=O) groups excluding carboxylic acids is 2. The number of rotatable bonds is 3. The molecule has 2 N–H and O–H groups in total. The van der Waals surface area contributed by atoms with Crippen molar-refractivity contribution >= 4 is 34.7 Å². The summed E-state index contributed by atoms with van der Waals surface area (Å²) in [4.78, 5) is 28.8. The van der Waals surface area contributed by atoms with Gasteiger partial charge in [0.25, 0.3) is 0 Å². The highest BCUT2D eigenvalue weighted by Crippen LogP contribution is 2.32. The van der Waals surface area contributed by atoms with Gasteiger partial charge in [-0.1, -0.05) is 17.7 Å². The molecular weight excluding hydrogens is 359 g/mol. The summed E-state index contributed by atoms with van der Waals surface area (Å²) in [6.07, 6.45) is 3.52. The van der Waals surface area contributed by atoms with Crippen LogP contribution in [0.4, 0.5) is 10.1 Å². The number of benzene rings is 1. The van der Waals surface area contributed by atoms with E-state index in [0.717, 1.165) is 5.65 Å². The molecule has 2 aromatic heterocycles. The van der Waals surface area contributed by atoms with Crippen molar-refractivity contribution in [3.05, 3.63) is 64.8 Å². The molecule has 26 heavy (non-hydrogen) atoms. The van der Waals surface area contributed by atoms with Crippen LogP contribution in [-0.2, 0) is 16.1 Å². The van der Waals surface area contributed by atoms with Gasteiger partial charge in [0, 0.05) is 24.5 Å². The zero-order valence-electron chi connectivity index (χ0n) is 13.5. The lowest BCUT2D eigenvalue weighted by molar-refractivity contribution is -0.126. The molecule has 3 heterocycles. The lowest BCUT2D eigenvalue weighted by Gasteiger charge is -2.24. The number of fused-ring (bicyclic) bond motifs is 2. The highest BCUT2D eigenvalue weighted by Gasteiger charge is 2.30. The molecule has 6 nitrogen and oxygen atoms in total. The minimum absolute atomic E-state index is 0.0191. The standard InChI is InChI=1S/C18H14ClFN4O2/c19-10-1-4-16-22-12(9-24(16)8-10)7-21-18(26)14-6-17(25)23-15-5-11(20)2-3-13(14)15/h1-5,8-9,14H,6-7H2,(H,21,26)(H,23,25)/t14-/m0/s1. The quantitative estimate of drug-likeness (QED) is 0.742. The molecule has 2 amide bonds. The number of hydrogen-bond acceptors (Lipinski definition) is 3. The van der Waals surface area contributed by atoms with E-state index < -0.39 is 11.7 Å². The van der Waals surface area contributed by atoms with Crippen LogP contribution in [-0.4, -0.2) is 21.2 Å². The number of imidazole rings is 1. The van der Waals surface area contributed by atoms with Gasteiger partial charge in [-0.2, -0.15) is 0 Å². The average Bonchev–Trinajstić information content (AvgIpc) is 3.00. The van der Waals surface area contributed by atoms with Crippen LogP contribution in [0.3, 0.4) is 0 Å². The van der Waals surface area contributed by atoms with Crippen LogP contribution in [0.15, 0.2) is 42.7 Å². The topological polar surface area (TPSA) is 75.5 Å². The van der Waals surface area contributed by atoms with E-state index >= 15 is 0 Å². The van der Waals surface area contributed by atoms with Crippen LogP contribution in [0.1, 0.15) is 23.6 Å². The Morgan fingerprint density at radius 2 is 2.19 bits per heavy atom. The van der Waals surface area contributed by atoms with Gasteiger partial charge in [0.05, 0.1) is 23.2 Å². The molecule has 3 aromatic rings.